The molecule has 1 saturated heterocycles. The van der Waals surface area contributed by atoms with Crippen LogP contribution in [0, 0.1) is 0 Å². The number of carboxylic acid groups (broad SMARTS) is 9. The summed E-state index contributed by atoms with van der Waals surface area (Å²) in [5.74, 6) is -10.3. The number of nitrogens with zero attached hydrogens (tertiary/aromatic N) is 9. The van der Waals surface area contributed by atoms with Crippen LogP contribution in [0.2, 0.25) is 0 Å². The highest BCUT2D eigenvalue weighted by Gasteiger charge is 2.30. The molecule has 4 heterocycles. The van der Waals surface area contributed by atoms with E-state index in [1.165, 1.54) is 0 Å². The Balaban J connectivity index is 1.21. The van der Waals surface area contributed by atoms with Gasteiger partial charge in [0.2, 0.25) is 35.4 Å². The fourth-order valence-corrected chi connectivity index (χ4v) is 14.5. The topological polar surface area (TPSA) is 697 Å². The lowest BCUT2D eigenvalue weighted by Gasteiger charge is -2.26. The number of hydrogen-bond acceptors (Lipinski definition) is 24. The molecule has 1 aliphatic rings. The van der Waals surface area contributed by atoms with E-state index in [0.29, 0.717) is 194 Å². The van der Waals surface area contributed by atoms with Gasteiger partial charge in [-0.15, -0.1) is 0 Å². The van der Waals surface area contributed by atoms with E-state index in [1.54, 1.807) is 18.6 Å². The molecule has 0 spiro atoms. The number of carbonyl (C=O) groups is 18. The lowest BCUT2D eigenvalue weighted by atomic mass is 10.1. The fraction of sp³-hybridized carbons (Fsp3) is 0.690. The van der Waals surface area contributed by atoms with Crippen LogP contribution in [0.5, 0.6) is 0 Å². The van der Waals surface area contributed by atoms with Crippen molar-refractivity contribution in [2.75, 3.05) is 78.5 Å². The minimum absolute atomic E-state index is 0.00444. The summed E-state index contributed by atoms with van der Waals surface area (Å²) in [6.45, 7) is 10.2. The average Bonchev–Trinajstić information content (AvgIpc) is 1.72. The second-order valence-corrected chi connectivity index (χ2v) is 33.3. The first-order chi connectivity index (χ1) is 64.6. The van der Waals surface area contributed by atoms with Crippen LogP contribution in [-0.4, -0.2) is 311 Å². The second-order valence-electron chi connectivity index (χ2n) is 33.3. The zero-order valence-electron chi connectivity index (χ0n) is 77.0. The predicted octanol–water partition coefficient (Wildman–Crippen LogP) is 2.71. The van der Waals surface area contributed by atoms with Gasteiger partial charge in [0.1, 0.15) is 53.7 Å². The monoisotopic (exact) mass is 1910 g/mol. The van der Waals surface area contributed by atoms with Crippen LogP contribution in [0.3, 0.4) is 0 Å². The molecule has 3 aromatic rings. The van der Waals surface area contributed by atoms with Crippen LogP contribution >= 0.6 is 0 Å². The molecular weight excluding hydrogens is 1770 g/mol. The van der Waals surface area contributed by atoms with E-state index in [9.17, 15) is 117 Å². The highest BCUT2D eigenvalue weighted by atomic mass is 16.4. The van der Waals surface area contributed by atoms with Crippen LogP contribution in [0.25, 0.3) is 0 Å². The molecule has 6 atom stereocenters. The van der Waals surface area contributed by atoms with Gasteiger partial charge in [-0.3, -0.25) is 57.9 Å². The van der Waals surface area contributed by atoms with Gasteiger partial charge < -0.3 is 123 Å². The zero-order chi connectivity index (χ0) is 99.1. The van der Waals surface area contributed by atoms with Crippen LogP contribution in [0.4, 0.5) is 14.4 Å². The van der Waals surface area contributed by atoms with Gasteiger partial charge in [-0.05, 0) is 154 Å². The molecule has 48 nitrogen and oxygen atoms in total. The Morgan fingerprint density at radius 3 is 0.637 bits per heavy atom. The normalized spacial score (nSPS) is 13.8. The summed E-state index contributed by atoms with van der Waals surface area (Å²) in [6.07, 6.45) is 22.4. The molecule has 4 rings (SSSR count). The van der Waals surface area contributed by atoms with Crippen LogP contribution in [0.15, 0.2) is 37.2 Å². The molecule has 0 aromatic carbocycles. The van der Waals surface area contributed by atoms with Crippen molar-refractivity contribution in [2.24, 2.45) is 0 Å². The highest BCUT2D eigenvalue weighted by molar-refractivity contribution is 5.89. The summed E-state index contributed by atoms with van der Waals surface area (Å²) < 4.78 is 6.40. The number of aryl methyl sites for hydroxylation is 3. The molecule has 0 saturated carbocycles. The average molecular weight is 1910 g/mol. The van der Waals surface area contributed by atoms with E-state index < -0.39 is 147 Å². The smallest absolute Gasteiger partial charge is 0.326 e. The van der Waals surface area contributed by atoms with E-state index in [4.69, 9.17) is 30.3 Å². The Morgan fingerprint density at radius 2 is 0.437 bits per heavy atom. The number of amides is 12. The molecule has 1 aliphatic heterocycles. The number of nitrogens with one attached hydrogen (secondary N) is 12. The number of aromatic nitrogens is 6. The van der Waals surface area contributed by atoms with E-state index >= 15 is 0 Å². The summed E-state index contributed by atoms with van der Waals surface area (Å²) in [5, 5.41) is 113. The number of rotatable bonds is 75. The van der Waals surface area contributed by atoms with Gasteiger partial charge in [0, 0.05) is 193 Å². The van der Waals surface area contributed by atoms with Crippen molar-refractivity contribution in [1.29, 1.82) is 0 Å². The number of unbranched alkanes of at least 4 members (excludes halogenated alkanes) is 12. The van der Waals surface area contributed by atoms with Crippen LogP contribution in [-0.2, 0) is 111 Å². The lowest BCUT2D eigenvalue weighted by molar-refractivity contribution is -0.142. The molecule has 0 unspecified atom stereocenters. The number of imidazole rings is 3. The fourth-order valence-electron chi connectivity index (χ4n) is 14.5. The third-order valence-corrected chi connectivity index (χ3v) is 22.4. The van der Waals surface area contributed by atoms with Crippen molar-refractivity contribution in [3.05, 3.63) is 54.7 Å². The van der Waals surface area contributed by atoms with Crippen molar-refractivity contribution in [3.63, 3.8) is 0 Å². The van der Waals surface area contributed by atoms with E-state index in [1.807, 2.05) is 18.6 Å². The van der Waals surface area contributed by atoms with E-state index in [2.05, 4.69) is 92.2 Å². The van der Waals surface area contributed by atoms with Crippen molar-refractivity contribution in [1.82, 2.24) is 107 Å². The largest absolute Gasteiger partial charge is 0.481 e. The summed E-state index contributed by atoms with van der Waals surface area (Å²) in [5.41, 5.74) is 0. The van der Waals surface area contributed by atoms with Crippen molar-refractivity contribution in [3.8, 4) is 0 Å². The Morgan fingerprint density at radius 1 is 0.244 bits per heavy atom. The van der Waals surface area contributed by atoms with Crippen molar-refractivity contribution in [2.45, 2.75) is 307 Å². The van der Waals surface area contributed by atoms with Gasteiger partial charge in [-0.2, -0.15) is 0 Å². The van der Waals surface area contributed by atoms with Crippen LogP contribution in [0.1, 0.15) is 249 Å². The molecule has 12 amide bonds. The van der Waals surface area contributed by atoms with Gasteiger partial charge in [-0.1, -0.05) is 19.3 Å². The molecule has 0 aliphatic carbocycles. The number of aliphatic carboxylic acids is 9. The van der Waals surface area contributed by atoms with Crippen molar-refractivity contribution < 1.29 is 132 Å². The molecule has 0 radical (unpaired) electrons. The Labute approximate surface area is 783 Å². The molecule has 1 fully saturated rings. The first-order valence-corrected chi connectivity index (χ1v) is 46.6. The third-order valence-electron chi connectivity index (χ3n) is 22.4. The Hall–Kier alpha value is -12.6. The standard InChI is InChI=1S/C87H141N21O27/c109-70(94-40-16-7-22-61(79(121)122)97-85(133)100-64(82(127)128)31-34-76(115)116)25-4-1-13-37-91-73(112)28-10-19-46-106-49-43-88-67(106)58-103-52-54-104(59-68-89-44-50-107(68)47-20-11-29-74(113)92-38-14-2-5-26-71(110)95-41-17-8-23-62(80(123)124)98-86(134)101-65(83(129)130)32-35-77(117)118)56-57-105(55-53-103)60-69-90-45-51-108(69)48-21-12-30-75(114)93-39-15-3-6-27-72(111)96-42-18-9-24-63(81(125)126)99-87(135)102-66(84(131)132)33-36-78(119)120/h43-45,49-51,61-66H,1-42,46-48,52-60H2,(H,91,112)(H,92,113)(H,93,114)(H,94,109)(H,95,110)(H,96,111)(H,115,116)(H,117,118)(H,119,120)(H,121,122)(H,123,124)(H,125,126)(H,127,128)(H,129,130)(H,131,132)(H2,97,100,133)(H2,98,101,134)(H2,99,102,135)/t61-,62-,63-,64-,65-,66-/m0/s1. The molecular formula is C87H141N21O27. The molecule has 3 aromatic heterocycles. The summed E-state index contributed by atoms with van der Waals surface area (Å²) in [4.78, 5) is 237. The summed E-state index contributed by atoms with van der Waals surface area (Å²) in [7, 11) is 0. The maximum absolute atomic E-state index is 12.9. The minimum Gasteiger partial charge on any atom is -0.481 e. The summed E-state index contributed by atoms with van der Waals surface area (Å²) in [6, 6.07) is -11.8. The summed E-state index contributed by atoms with van der Waals surface area (Å²) >= 11 is 0. The minimum atomic E-state index is -1.53. The molecule has 135 heavy (non-hydrogen) atoms. The molecule has 0 bridgehead atoms. The third kappa shape index (κ3) is 53.8. The predicted molar refractivity (Wildman–Crippen MR) is 483 cm³/mol. The van der Waals surface area contributed by atoms with Gasteiger partial charge in [0.15, 0.2) is 0 Å². The number of carbonyl (C=O) groups excluding carboxylic acids is 9. The van der Waals surface area contributed by atoms with E-state index in [0.717, 1.165) is 76.0 Å². The first-order valence-electron chi connectivity index (χ1n) is 46.6. The maximum Gasteiger partial charge on any atom is 0.326 e. The van der Waals surface area contributed by atoms with Crippen LogP contribution < -0.4 is 63.8 Å². The Kier molecular flexibility index (Phi) is 57.4. The molecule has 48 heteroatoms. The SMILES string of the molecule is O=C(O)CC[C@H](NC(=O)N[C@@H](CCCCNC(=O)CCCCCNC(=O)CCCCn1ccnc1CN1CCN(Cc2nccn2CCCCC(=O)NCCCCCC(=O)NCCCC[C@H](NC(=O)N[C@@H](CCC(=O)O)C(=O)O)C(=O)O)CCN(Cc2nccn2CCCCC(=O)NCCCCCC(=O)NCCCC[C@H](NC(=O)N[C@@H](CCC(=O)O)C(=O)O)C(=O)O)CC1)C(=O)O)C(=O)O. The van der Waals surface area contributed by atoms with Gasteiger partial charge in [0.05, 0.1) is 19.6 Å². The second kappa shape index (κ2) is 67.5. The van der Waals surface area contributed by atoms with Gasteiger partial charge in [0.25, 0.3) is 0 Å². The molecule has 756 valence electrons. The van der Waals surface area contributed by atoms with Gasteiger partial charge >= 0.3 is 71.8 Å². The quantitative estimate of drug-likeness (QED) is 0.0361. The number of carboxylic acids is 9. The first kappa shape index (κ1) is 115. The Bertz CT molecular complexity index is 3780. The van der Waals surface area contributed by atoms with Gasteiger partial charge in [-0.25, -0.2) is 58.1 Å². The zero-order valence-corrected chi connectivity index (χ0v) is 77.0. The number of urea groups is 3. The molecule has 21 N–H and O–H groups in total. The van der Waals surface area contributed by atoms with E-state index in [-0.39, 0.29) is 93.6 Å². The van der Waals surface area contributed by atoms with Crippen molar-refractivity contribution >= 4 is 107 Å². The maximum atomic E-state index is 12.9. The highest BCUT2D eigenvalue weighted by Crippen LogP contribution is 2.17. The lowest BCUT2D eigenvalue weighted by Crippen LogP contribution is -2.51. The number of hydrogen-bond donors (Lipinski definition) is 21.